The highest BCUT2D eigenvalue weighted by Crippen LogP contribution is 2.23. The van der Waals surface area contributed by atoms with Crippen molar-refractivity contribution in [3.8, 4) is 0 Å². The smallest absolute Gasteiger partial charge is 0.341 e. The third kappa shape index (κ3) is 2.84. The summed E-state index contributed by atoms with van der Waals surface area (Å²) >= 11 is 0. The predicted octanol–water partition coefficient (Wildman–Crippen LogP) is 1.20. The first kappa shape index (κ1) is 14.9. The molecule has 21 heavy (non-hydrogen) atoms. The van der Waals surface area contributed by atoms with Gasteiger partial charge in [-0.1, -0.05) is 0 Å². The average molecular weight is 317 g/mol. The lowest BCUT2D eigenvalue weighted by molar-refractivity contribution is 0.0685. The van der Waals surface area contributed by atoms with E-state index in [0.717, 1.165) is 0 Å². The van der Waals surface area contributed by atoms with Crippen molar-refractivity contribution in [3.05, 3.63) is 41.7 Å². The number of anilines is 1. The van der Waals surface area contributed by atoms with Gasteiger partial charge >= 0.3 is 5.97 Å². The van der Waals surface area contributed by atoms with Crippen LogP contribution in [-0.4, -0.2) is 29.3 Å². The first-order chi connectivity index (χ1) is 9.72. The van der Waals surface area contributed by atoms with Crippen molar-refractivity contribution in [2.45, 2.75) is 4.90 Å². The van der Waals surface area contributed by atoms with Crippen molar-refractivity contribution >= 4 is 21.7 Å². The summed E-state index contributed by atoms with van der Waals surface area (Å²) in [5.41, 5.74) is -1.28. The van der Waals surface area contributed by atoms with Crippen LogP contribution in [0.3, 0.4) is 0 Å². The van der Waals surface area contributed by atoms with Crippen LogP contribution in [0.5, 0.6) is 0 Å². The molecule has 0 fully saturated rings. The molecule has 7 nitrogen and oxygen atoms in total. The van der Waals surface area contributed by atoms with E-state index < -0.39 is 38.1 Å². The molecule has 0 amide bonds. The fourth-order valence-corrected chi connectivity index (χ4v) is 2.73. The number of hydrogen-bond donors (Lipinski definition) is 2. The molecule has 10 heteroatoms. The number of sulfonamides is 1. The molecule has 0 aliphatic carbocycles. The Kier molecular flexibility index (Phi) is 3.64. The van der Waals surface area contributed by atoms with E-state index in [1.54, 1.807) is 7.05 Å². The Morgan fingerprint density at radius 3 is 2.57 bits per heavy atom. The van der Waals surface area contributed by atoms with Gasteiger partial charge in [0.1, 0.15) is 16.3 Å². The summed E-state index contributed by atoms with van der Waals surface area (Å²) in [6.45, 7) is 0. The number of nitrogens with zero attached hydrogens (tertiary/aromatic N) is 2. The van der Waals surface area contributed by atoms with Crippen LogP contribution in [0.4, 0.5) is 14.5 Å². The van der Waals surface area contributed by atoms with Crippen molar-refractivity contribution in [1.29, 1.82) is 0 Å². The zero-order chi connectivity index (χ0) is 15.8. The van der Waals surface area contributed by atoms with Gasteiger partial charge in [0.15, 0.2) is 5.82 Å². The van der Waals surface area contributed by atoms with Gasteiger partial charge in [0.05, 0.1) is 11.9 Å². The molecule has 2 N–H and O–H groups in total. The van der Waals surface area contributed by atoms with Crippen molar-refractivity contribution in [1.82, 2.24) is 9.78 Å². The number of nitrogens with one attached hydrogen (secondary N) is 1. The molecule has 0 aliphatic heterocycles. The Hall–Kier alpha value is -2.49. The van der Waals surface area contributed by atoms with Crippen molar-refractivity contribution < 1.29 is 27.1 Å². The minimum atomic E-state index is -4.41. The van der Waals surface area contributed by atoms with Crippen LogP contribution in [-0.2, 0) is 17.1 Å². The molecular formula is C11H9F2N3O4S. The van der Waals surface area contributed by atoms with Crippen LogP contribution in [0.15, 0.2) is 29.4 Å². The molecule has 0 saturated heterocycles. The van der Waals surface area contributed by atoms with E-state index in [1.165, 1.54) is 17.1 Å². The van der Waals surface area contributed by atoms with Gasteiger partial charge < -0.3 is 5.11 Å². The Labute approximate surface area is 117 Å². The van der Waals surface area contributed by atoms with Gasteiger partial charge in [-0.3, -0.25) is 9.40 Å². The lowest BCUT2D eigenvalue weighted by Crippen LogP contribution is -2.17. The predicted molar refractivity (Wildman–Crippen MR) is 67.3 cm³/mol. The number of carboxylic acids is 1. The van der Waals surface area contributed by atoms with E-state index in [-0.39, 0.29) is 5.69 Å². The molecule has 0 aliphatic rings. The Balaban J connectivity index is 2.50. The van der Waals surface area contributed by atoms with Crippen LogP contribution in [0, 0.1) is 11.6 Å². The fourth-order valence-electron chi connectivity index (χ4n) is 1.62. The van der Waals surface area contributed by atoms with E-state index >= 15 is 0 Å². The molecule has 1 aromatic carbocycles. The molecule has 112 valence electrons. The molecule has 0 radical (unpaired) electrons. The van der Waals surface area contributed by atoms with Gasteiger partial charge in [0.2, 0.25) is 0 Å². The highest BCUT2D eigenvalue weighted by atomic mass is 32.2. The van der Waals surface area contributed by atoms with E-state index in [4.69, 9.17) is 5.11 Å². The second-order valence-electron chi connectivity index (χ2n) is 4.05. The number of carbonyl (C=O) groups is 1. The Morgan fingerprint density at radius 1 is 1.38 bits per heavy atom. The Bertz CT molecular complexity index is 817. The third-order valence-corrected chi connectivity index (χ3v) is 3.91. The largest absolute Gasteiger partial charge is 0.477 e. The lowest BCUT2D eigenvalue weighted by atomic mass is 10.2. The minimum absolute atomic E-state index is 0.0538. The molecule has 0 bridgehead atoms. The SMILES string of the molecule is Cn1cc(NS(=O)(=O)c2ccc(F)c(C(=O)O)c2F)cn1. The summed E-state index contributed by atoms with van der Waals surface area (Å²) in [4.78, 5) is 9.81. The first-order valence-corrected chi connectivity index (χ1v) is 6.93. The molecular weight excluding hydrogens is 308 g/mol. The summed E-state index contributed by atoms with van der Waals surface area (Å²) < 4.78 is 54.5. The van der Waals surface area contributed by atoms with Crippen molar-refractivity contribution in [2.24, 2.45) is 7.05 Å². The second-order valence-corrected chi connectivity index (χ2v) is 5.70. The number of aryl methyl sites for hydroxylation is 1. The maximum atomic E-state index is 13.9. The van der Waals surface area contributed by atoms with E-state index in [1.807, 2.05) is 4.72 Å². The molecule has 1 aromatic heterocycles. The van der Waals surface area contributed by atoms with E-state index in [2.05, 4.69) is 5.10 Å². The number of benzene rings is 1. The number of hydrogen-bond acceptors (Lipinski definition) is 4. The number of rotatable bonds is 4. The second kappa shape index (κ2) is 5.13. The van der Waals surface area contributed by atoms with Gasteiger partial charge in [0, 0.05) is 13.2 Å². The van der Waals surface area contributed by atoms with Crippen molar-refractivity contribution in [2.75, 3.05) is 4.72 Å². The monoisotopic (exact) mass is 317 g/mol. The van der Waals surface area contributed by atoms with Crippen LogP contribution < -0.4 is 4.72 Å². The number of aromatic carboxylic acids is 1. The van der Waals surface area contributed by atoms with Gasteiger partial charge in [-0.05, 0) is 12.1 Å². The molecule has 2 aromatic rings. The fraction of sp³-hybridized carbons (Fsp3) is 0.0909. The van der Waals surface area contributed by atoms with Crippen LogP contribution >= 0.6 is 0 Å². The summed E-state index contributed by atoms with van der Waals surface area (Å²) in [6.07, 6.45) is 2.49. The topological polar surface area (TPSA) is 101 Å². The summed E-state index contributed by atoms with van der Waals surface area (Å²) in [5, 5.41) is 12.4. The minimum Gasteiger partial charge on any atom is -0.477 e. The van der Waals surface area contributed by atoms with Crippen LogP contribution in [0.1, 0.15) is 10.4 Å². The highest BCUT2D eigenvalue weighted by molar-refractivity contribution is 7.92. The van der Waals surface area contributed by atoms with Crippen molar-refractivity contribution in [3.63, 3.8) is 0 Å². The van der Waals surface area contributed by atoms with Gasteiger partial charge in [0.25, 0.3) is 10.0 Å². The quantitative estimate of drug-likeness (QED) is 0.882. The Morgan fingerprint density at radius 2 is 2.05 bits per heavy atom. The standard InChI is InChI=1S/C11H9F2N3O4S/c1-16-5-6(4-14-16)15-21(19,20)8-3-2-7(12)9(10(8)13)11(17)18/h2-5,15H,1H3,(H,17,18). The summed E-state index contributed by atoms with van der Waals surface area (Å²) in [6, 6.07) is 1.22. The lowest BCUT2D eigenvalue weighted by Gasteiger charge is -2.09. The molecule has 0 unspecified atom stereocenters. The molecule has 0 atom stereocenters. The van der Waals surface area contributed by atoms with Crippen LogP contribution in [0.2, 0.25) is 0 Å². The highest BCUT2D eigenvalue weighted by Gasteiger charge is 2.27. The summed E-state index contributed by atoms with van der Waals surface area (Å²) in [5.74, 6) is -4.93. The maximum Gasteiger partial charge on any atom is 0.341 e. The van der Waals surface area contributed by atoms with E-state index in [9.17, 15) is 22.0 Å². The van der Waals surface area contributed by atoms with Crippen LogP contribution in [0.25, 0.3) is 0 Å². The molecule has 1 heterocycles. The zero-order valence-electron chi connectivity index (χ0n) is 10.5. The van der Waals surface area contributed by atoms with E-state index in [0.29, 0.717) is 12.1 Å². The van der Waals surface area contributed by atoms with Gasteiger partial charge in [-0.2, -0.15) is 5.10 Å². The zero-order valence-corrected chi connectivity index (χ0v) is 11.4. The molecule has 0 spiro atoms. The summed E-state index contributed by atoms with van der Waals surface area (Å²) in [7, 11) is -2.87. The number of aromatic nitrogens is 2. The molecule has 2 rings (SSSR count). The maximum absolute atomic E-state index is 13.9. The first-order valence-electron chi connectivity index (χ1n) is 5.45. The third-order valence-electron chi connectivity index (χ3n) is 2.52. The number of halogens is 2. The average Bonchev–Trinajstić information content (AvgIpc) is 2.72. The molecule has 0 saturated carbocycles. The van der Waals surface area contributed by atoms with Gasteiger partial charge in [-0.15, -0.1) is 0 Å². The number of carboxylic acid groups (broad SMARTS) is 1. The normalized spacial score (nSPS) is 11.4. The van der Waals surface area contributed by atoms with Gasteiger partial charge in [-0.25, -0.2) is 22.0 Å².